The minimum Gasteiger partial charge on any atom is -0.438 e. The molecule has 1 atom stereocenters. The molecule has 3 heterocycles. The Balaban J connectivity index is 1.85. The molecule has 1 N–H and O–H groups in total. The normalized spacial score (nSPS) is 18.3. The number of carbonyl (C=O) groups is 1. The Labute approximate surface area is 134 Å². The van der Waals surface area contributed by atoms with Crippen LogP contribution in [0.3, 0.4) is 0 Å². The van der Waals surface area contributed by atoms with Crippen molar-refractivity contribution >= 4 is 15.9 Å². The molecule has 122 valence electrons. The van der Waals surface area contributed by atoms with Crippen LogP contribution in [0.15, 0.2) is 46.2 Å². The van der Waals surface area contributed by atoms with E-state index >= 15 is 0 Å². The van der Waals surface area contributed by atoms with Crippen LogP contribution in [-0.2, 0) is 10.0 Å². The van der Waals surface area contributed by atoms with Crippen molar-refractivity contribution in [1.29, 1.82) is 0 Å². The number of carbonyl (C=O) groups excluding carboxylic acids is 1. The topological polar surface area (TPSA) is 92.5 Å². The first-order valence-electron chi connectivity index (χ1n) is 7.27. The second-order valence-electron chi connectivity index (χ2n) is 5.26. The standard InChI is InChI=1S/C15H17N3O4S/c1-16-23(20,21)14-5-4-13(22-14)15(19)18-10-2-3-12(18)11-6-8-17-9-7-11/h4-9,12,16H,2-3,10H2,1H3/t12-/m0/s1. The maximum absolute atomic E-state index is 12.7. The zero-order valence-electron chi connectivity index (χ0n) is 12.6. The molecule has 0 saturated carbocycles. The molecule has 1 fully saturated rings. The van der Waals surface area contributed by atoms with Gasteiger partial charge in [0.1, 0.15) is 0 Å². The van der Waals surface area contributed by atoms with Gasteiger partial charge in [-0.15, -0.1) is 0 Å². The third-order valence-corrected chi connectivity index (χ3v) is 5.22. The first kappa shape index (κ1) is 15.7. The Morgan fingerprint density at radius 2 is 2.04 bits per heavy atom. The number of likely N-dealkylation sites (tertiary alicyclic amines) is 1. The molecular weight excluding hydrogens is 318 g/mol. The lowest BCUT2D eigenvalue weighted by molar-refractivity contribution is 0.0697. The molecule has 1 aliphatic heterocycles. The van der Waals surface area contributed by atoms with Gasteiger partial charge in [0.05, 0.1) is 6.04 Å². The summed E-state index contributed by atoms with van der Waals surface area (Å²) < 4.78 is 30.8. The summed E-state index contributed by atoms with van der Waals surface area (Å²) in [6.45, 7) is 0.612. The predicted octanol–water partition coefficient (Wildman–Crippen LogP) is 1.56. The van der Waals surface area contributed by atoms with E-state index in [1.807, 2.05) is 12.1 Å². The number of nitrogens with zero attached hydrogens (tertiary/aromatic N) is 2. The van der Waals surface area contributed by atoms with Crippen LogP contribution >= 0.6 is 0 Å². The lowest BCUT2D eigenvalue weighted by atomic mass is 10.1. The Hall–Kier alpha value is -2.19. The van der Waals surface area contributed by atoms with E-state index in [9.17, 15) is 13.2 Å². The lowest BCUT2D eigenvalue weighted by Gasteiger charge is -2.24. The molecule has 2 aromatic rings. The van der Waals surface area contributed by atoms with Crippen LogP contribution in [-0.4, -0.2) is 37.8 Å². The number of nitrogens with one attached hydrogen (secondary N) is 1. The molecule has 0 unspecified atom stereocenters. The number of sulfonamides is 1. The van der Waals surface area contributed by atoms with E-state index in [-0.39, 0.29) is 22.8 Å². The summed E-state index contributed by atoms with van der Waals surface area (Å²) in [5.41, 5.74) is 1.01. The summed E-state index contributed by atoms with van der Waals surface area (Å²) in [6, 6.07) is 6.41. The van der Waals surface area contributed by atoms with Crippen molar-refractivity contribution in [2.24, 2.45) is 0 Å². The number of hydrogen-bond donors (Lipinski definition) is 1. The maximum Gasteiger partial charge on any atom is 0.290 e. The minimum absolute atomic E-state index is 0.0276. The van der Waals surface area contributed by atoms with Crippen molar-refractivity contribution in [3.63, 3.8) is 0 Å². The molecule has 7 nitrogen and oxygen atoms in total. The SMILES string of the molecule is CNS(=O)(=O)c1ccc(C(=O)N2CCC[C@H]2c2ccncc2)o1. The maximum atomic E-state index is 12.7. The van der Waals surface area contributed by atoms with Gasteiger partial charge in [-0.1, -0.05) is 0 Å². The molecule has 2 aromatic heterocycles. The van der Waals surface area contributed by atoms with Gasteiger partial charge in [-0.2, -0.15) is 0 Å². The molecule has 0 aliphatic carbocycles. The highest BCUT2D eigenvalue weighted by Crippen LogP contribution is 2.33. The molecule has 1 saturated heterocycles. The molecular formula is C15H17N3O4S. The van der Waals surface area contributed by atoms with Crippen LogP contribution < -0.4 is 4.72 Å². The molecule has 0 aromatic carbocycles. The fourth-order valence-corrected chi connectivity index (χ4v) is 3.41. The van der Waals surface area contributed by atoms with E-state index < -0.39 is 10.0 Å². The molecule has 8 heteroatoms. The minimum atomic E-state index is -3.70. The van der Waals surface area contributed by atoms with E-state index in [1.54, 1.807) is 17.3 Å². The number of furan rings is 1. The Morgan fingerprint density at radius 3 is 2.74 bits per heavy atom. The van der Waals surface area contributed by atoms with Crippen LogP contribution in [0.5, 0.6) is 0 Å². The van der Waals surface area contributed by atoms with Gasteiger partial charge in [-0.25, -0.2) is 13.1 Å². The smallest absolute Gasteiger partial charge is 0.290 e. The second-order valence-corrected chi connectivity index (χ2v) is 7.08. The molecule has 0 bridgehead atoms. The van der Waals surface area contributed by atoms with Gasteiger partial charge < -0.3 is 9.32 Å². The molecule has 0 radical (unpaired) electrons. The van der Waals surface area contributed by atoms with E-state index in [2.05, 4.69) is 9.71 Å². The predicted molar refractivity (Wildman–Crippen MR) is 82.2 cm³/mol. The van der Waals surface area contributed by atoms with Crippen molar-refractivity contribution in [2.75, 3.05) is 13.6 Å². The third kappa shape index (κ3) is 2.99. The fraction of sp³-hybridized carbons (Fsp3) is 0.333. The quantitative estimate of drug-likeness (QED) is 0.915. The number of hydrogen-bond acceptors (Lipinski definition) is 5. The van der Waals surface area contributed by atoms with Crippen LogP contribution in [0.1, 0.15) is 35.0 Å². The van der Waals surface area contributed by atoms with Crippen molar-refractivity contribution in [2.45, 2.75) is 24.0 Å². The zero-order chi connectivity index (χ0) is 16.4. The van der Waals surface area contributed by atoms with Crippen LogP contribution in [0.25, 0.3) is 0 Å². The molecule has 3 rings (SSSR count). The highest BCUT2D eigenvalue weighted by Gasteiger charge is 2.32. The lowest BCUT2D eigenvalue weighted by Crippen LogP contribution is -2.30. The van der Waals surface area contributed by atoms with Gasteiger partial charge in [0.25, 0.3) is 15.9 Å². The van der Waals surface area contributed by atoms with Gasteiger partial charge in [-0.3, -0.25) is 9.78 Å². The van der Waals surface area contributed by atoms with E-state index in [0.717, 1.165) is 18.4 Å². The summed E-state index contributed by atoms with van der Waals surface area (Å²) in [7, 11) is -2.40. The Kier molecular flexibility index (Phi) is 4.18. The highest BCUT2D eigenvalue weighted by atomic mass is 32.2. The van der Waals surface area contributed by atoms with Crippen molar-refractivity contribution in [1.82, 2.24) is 14.6 Å². The number of pyridine rings is 1. The van der Waals surface area contributed by atoms with Gasteiger partial charge in [0.15, 0.2) is 5.76 Å². The second kappa shape index (κ2) is 6.13. The van der Waals surface area contributed by atoms with E-state index in [4.69, 9.17) is 4.42 Å². The zero-order valence-corrected chi connectivity index (χ0v) is 13.4. The summed E-state index contributed by atoms with van der Waals surface area (Å²) in [5, 5.41) is -0.261. The number of aromatic nitrogens is 1. The molecule has 1 amide bonds. The molecule has 0 spiro atoms. The Bertz CT molecular complexity index is 801. The Morgan fingerprint density at radius 1 is 1.30 bits per heavy atom. The summed E-state index contributed by atoms with van der Waals surface area (Å²) in [5.74, 6) is -0.276. The van der Waals surface area contributed by atoms with Crippen molar-refractivity contribution in [3.05, 3.63) is 48.0 Å². The monoisotopic (exact) mass is 335 g/mol. The largest absolute Gasteiger partial charge is 0.438 e. The highest BCUT2D eigenvalue weighted by molar-refractivity contribution is 7.89. The van der Waals surface area contributed by atoms with E-state index in [1.165, 1.54) is 19.2 Å². The van der Waals surface area contributed by atoms with Crippen LogP contribution in [0, 0.1) is 0 Å². The third-order valence-electron chi connectivity index (χ3n) is 3.93. The van der Waals surface area contributed by atoms with Crippen LogP contribution in [0.2, 0.25) is 0 Å². The average molecular weight is 335 g/mol. The number of rotatable bonds is 4. The first-order chi connectivity index (χ1) is 11.0. The van der Waals surface area contributed by atoms with Gasteiger partial charge in [0, 0.05) is 18.9 Å². The number of amides is 1. The molecule has 1 aliphatic rings. The van der Waals surface area contributed by atoms with Crippen molar-refractivity contribution < 1.29 is 17.6 Å². The fourth-order valence-electron chi connectivity index (χ4n) is 2.76. The van der Waals surface area contributed by atoms with Gasteiger partial charge in [-0.05, 0) is 49.7 Å². The van der Waals surface area contributed by atoms with E-state index in [0.29, 0.717) is 6.54 Å². The van der Waals surface area contributed by atoms with Crippen LogP contribution in [0.4, 0.5) is 0 Å². The molecule has 23 heavy (non-hydrogen) atoms. The first-order valence-corrected chi connectivity index (χ1v) is 8.75. The summed E-state index contributed by atoms with van der Waals surface area (Å²) >= 11 is 0. The summed E-state index contributed by atoms with van der Waals surface area (Å²) in [6.07, 6.45) is 5.14. The van der Waals surface area contributed by atoms with Gasteiger partial charge in [0.2, 0.25) is 5.09 Å². The van der Waals surface area contributed by atoms with Crippen molar-refractivity contribution in [3.8, 4) is 0 Å². The van der Waals surface area contributed by atoms with Gasteiger partial charge >= 0.3 is 0 Å². The summed E-state index contributed by atoms with van der Waals surface area (Å²) in [4.78, 5) is 18.4. The average Bonchev–Trinajstić information content (AvgIpc) is 3.24.